The minimum absolute atomic E-state index is 0.167. The number of nitrogens with zero attached hydrogens (tertiary/aromatic N) is 2. The third-order valence-electron chi connectivity index (χ3n) is 2.97. The van der Waals surface area contributed by atoms with Crippen LogP contribution in [0.5, 0.6) is 0 Å². The van der Waals surface area contributed by atoms with Gasteiger partial charge in [0.2, 0.25) is 0 Å². The normalized spacial score (nSPS) is 11.8. The highest BCUT2D eigenvalue weighted by Crippen LogP contribution is 2.19. The largest absolute Gasteiger partial charge is 0.307 e. The van der Waals surface area contributed by atoms with Gasteiger partial charge in [-0.3, -0.25) is 0 Å². The lowest BCUT2D eigenvalue weighted by Crippen LogP contribution is -2.36. The zero-order chi connectivity index (χ0) is 13.2. The van der Waals surface area contributed by atoms with Crippen molar-refractivity contribution < 1.29 is 4.39 Å². The highest BCUT2D eigenvalue weighted by atomic mass is 19.1. The van der Waals surface area contributed by atoms with E-state index in [1.807, 2.05) is 10.8 Å². The average Bonchev–Trinajstić information content (AvgIpc) is 2.80. The Morgan fingerprint density at radius 3 is 2.56 bits per heavy atom. The van der Waals surface area contributed by atoms with E-state index in [1.54, 1.807) is 18.5 Å². The molecule has 4 heteroatoms. The van der Waals surface area contributed by atoms with Crippen molar-refractivity contribution in [3.63, 3.8) is 0 Å². The van der Waals surface area contributed by atoms with Crippen molar-refractivity contribution in [2.45, 2.75) is 26.3 Å². The van der Waals surface area contributed by atoms with Crippen molar-refractivity contribution >= 4 is 0 Å². The van der Waals surface area contributed by atoms with E-state index in [9.17, 15) is 4.39 Å². The number of benzene rings is 1. The first-order valence-electron chi connectivity index (χ1n) is 6.08. The van der Waals surface area contributed by atoms with Crippen LogP contribution in [0.3, 0.4) is 0 Å². The predicted octanol–water partition coefficient (Wildman–Crippen LogP) is 2.86. The van der Waals surface area contributed by atoms with Crippen molar-refractivity contribution in [3.8, 4) is 5.69 Å². The molecule has 96 valence electrons. The SMILES string of the molecule is CCNC(C)(C)c1cn(-c2ccc(F)cc2)cn1. The smallest absolute Gasteiger partial charge is 0.123 e. The molecule has 0 radical (unpaired) electrons. The summed E-state index contributed by atoms with van der Waals surface area (Å²) in [5.41, 5.74) is 1.70. The Hall–Kier alpha value is -1.68. The molecule has 0 unspecified atom stereocenters. The maximum absolute atomic E-state index is 12.9. The Bertz CT molecular complexity index is 514. The molecule has 3 nitrogen and oxygen atoms in total. The third kappa shape index (κ3) is 2.59. The minimum Gasteiger partial charge on any atom is -0.307 e. The van der Waals surface area contributed by atoms with E-state index in [0.29, 0.717) is 0 Å². The van der Waals surface area contributed by atoms with Crippen LogP contribution in [0.1, 0.15) is 26.5 Å². The van der Waals surface area contributed by atoms with Crippen LogP contribution in [0, 0.1) is 5.82 Å². The van der Waals surface area contributed by atoms with Gasteiger partial charge in [0.05, 0.1) is 17.6 Å². The van der Waals surface area contributed by atoms with Crippen LogP contribution in [-0.2, 0) is 5.54 Å². The zero-order valence-corrected chi connectivity index (χ0v) is 10.9. The van der Waals surface area contributed by atoms with Gasteiger partial charge in [-0.05, 0) is 44.7 Å². The van der Waals surface area contributed by atoms with E-state index >= 15 is 0 Å². The lowest BCUT2D eigenvalue weighted by atomic mass is 10.0. The van der Waals surface area contributed by atoms with Gasteiger partial charge in [-0.25, -0.2) is 9.37 Å². The fourth-order valence-corrected chi connectivity index (χ4v) is 1.93. The first kappa shape index (κ1) is 12.8. The lowest BCUT2D eigenvalue weighted by Gasteiger charge is -2.23. The fraction of sp³-hybridized carbons (Fsp3) is 0.357. The number of aromatic nitrogens is 2. The lowest BCUT2D eigenvalue weighted by molar-refractivity contribution is 0.405. The van der Waals surface area contributed by atoms with Crippen molar-refractivity contribution in [2.24, 2.45) is 0 Å². The van der Waals surface area contributed by atoms with Gasteiger partial charge in [0.25, 0.3) is 0 Å². The number of imidazole rings is 1. The van der Waals surface area contributed by atoms with Gasteiger partial charge >= 0.3 is 0 Å². The number of hydrogen-bond acceptors (Lipinski definition) is 2. The maximum atomic E-state index is 12.9. The molecular weight excluding hydrogens is 229 g/mol. The Balaban J connectivity index is 2.28. The summed E-state index contributed by atoms with van der Waals surface area (Å²) in [4.78, 5) is 4.41. The number of hydrogen-bond donors (Lipinski definition) is 1. The van der Waals surface area contributed by atoms with Gasteiger partial charge in [0, 0.05) is 11.9 Å². The van der Waals surface area contributed by atoms with Crippen molar-refractivity contribution in [1.29, 1.82) is 0 Å². The Morgan fingerprint density at radius 2 is 1.94 bits per heavy atom. The fourth-order valence-electron chi connectivity index (χ4n) is 1.93. The summed E-state index contributed by atoms with van der Waals surface area (Å²) in [7, 11) is 0. The molecule has 0 aliphatic carbocycles. The van der Waals surface area contributed by atoms with Crippen LogP contribution in [0.4, 0.5) is 4.39 Å². The van der Waals surface area contributed by atoms with Gasteiger partial charge in [0.1, 0.15) is 5.82 Å². The van der Waals surface area contributed by atoms with Crippen LogP contribution in [-0.4, -0.2) is 16.1 Å². The molecule has 0 fully saturated rings. The Labute approximate surface area is 107 Å². The van der Waals surface area contributed by atoms with E-state index in [1.165, 1.54) is 12.1 Å². The highest BCUT2D eigenvalue weighted by Gasteiger charge is 2.21. The number of nitrogens with one attached hydrogen (secondary N) is 1. The highest BCUT2D eigenvalue weighted by molar-refractivity contribution is 5.32. The van der Waals surface area contributed by atoms with Crippen molar-refractivity contribution in [3.05, 3.63) is 48.3 Å². The molecule has 0 saturated carbocycles. The van der Waals surface area contributed by atoms with Crippen LogP contribution in [0.25, 0.3) is 5.69 Å². The predicted molar refractivity (Wildman–Crippen MR) is 70.2 cm³/mol. The van der Waals surface area contributed by atoms with Crippen LogP contribution in [0.15, 0.2) is 36.8 Å². The molecule has 1 heterocycles. The molecule has 0 saturated heterocycles. The zero-order valence-electron chi connectivity index (χ0n) is 10.9. The minimum atomic E-state index is -0.230. The second-order valence-corrected chi connectivity index (χ2v) is 4.80. The average molecular weight is 247 g/mol. The summed E-state index contributed by atoms with van der Waals surface area (Å²) in [5.74, 6) is -0.230. The van der Waals surface area contributed by atoms with Crippen LogP contribution >= 0.6 is 0 Å². The Kier molecular flexibility index (Phi) is 3.48. The third-order valence-corrected chi connectivity index (χ3v) is 2.97. The van der Waals surface area contributed by atoms with Crippen molar-refractivity contribution in [2.75, 3.05) is 6.54 Å². The van der Waals surface area contributed by atoms with Gasteiger partial charge in [-0.2, -0.15) is 0 Å². The second-order valence-electron chi connectivity index (χ2n) is 4.80. The molecule has 0 bridgehead atoms. The first-order valence-corrected chi connectivity index (χ1v) is 6.08. The quantitative estimate of drug-likeness (QED) is 0.900. The molecule has 1 N–H and O–H groups in total. The van der Waals surface area contributed by atoms with Gasteiger partial charge in [-0.15, -0.1) is 0 Å². The molecule has 0 amide bonds. The standard InChI is InChI=1S/C14H18FN3/c1-4-17-14(2,3)13-9-18(10-16-13)12-7-5-11(15)6-8-12/h5-10,17H,4H2,1-3H3. The van der Waals surface area contributed by atoms with Crippen molar-refractivity contribution in [1.82, 2.24) is 14.9 Å². The van der Waals surface area contributed by atoms with E-state index in [-0.39, 0.29) is 11.4 Å². The summed E-state index contributed by atoms with van der Waals surface area (Å²) in [5, 5.41) is 3.38. The second kappa shape index (κ2) is 4.90. The van der Waals surface area contributed by atoms with Crippen LogP contribution < -0.4 is 5.32 Å². The molecule has 18 heavy (non-hydrogen) atoms. The molecule has 1 aromatic heterocycles. The van der Waals surface area contributed by atoms with E-state index in [4.69, 9.17) is 0 Å². The van der Waals surface area contributed by atoms with E-state index in [0.717, 1.165) is 17.9 Å². The maximum Gasteiger partial charge on any atom is 0.123 e. The topological polar surface area (TPSA) is 29.9 Å². The van der Waals surface area contributed by atoms with E-state index in [2.05, 4.69) is 31.1 Å². The summed E-state index contributed by atoms with van der Waals surface area (Å²) < 4.78 is 14.8. The molecule has 0 spiro atoms. The first-order chi connectivity index (χ1) is 8.53. The van der Waals surface area contributed by atoms with Gasteiger partial charge in [0.15, 0.2) is 0 Å². The molecule has 0 atom stereocenters. The van der Waals surface area contributed by atoms with Gasteiger partial charge in [-0.1, -0.05) is 6.92 Å². The molecule has 2 aromatic rings. The number of rotatable bonds is 4. The summed E-state index contributed by atoms with van der Waals surface area (Å²) >= 11 is 0. The monoisotopic (exact) mass is 247 g/mol. The molecular formula is C14H18FN3. The summed E-state index contributed by atoms with van der Waals surface area (Å²) in [6, 6.07) is 6.37. The molecule has 0 aliphatic rings. The molecule has 2 rings (SSSR count). The molecule has 0 aliphatic heterocycles. The summed E-state index contributed by atoms with van der Waals surface area (Å²) in [6.07, 6.45) is 3.72. The van der Waals surface area contributed by atoms with Gasteiger partial charge < -0.3 is 9.88 Å². The molecule has 1 aromatic carbocycles. The van der Waals surface area contributed by atoms with Crippen LogP contribution in [0.2, 0.25) is 0 Å². The summed E-state index contributed by atoms with van der Waals surface area (Å²) in [6.45, 7) is 7.14. The Morgan fingerprint density at radius 1 is 1.28 bits per heavy atom. The van der Waals surface area contributed by atoms with E-state index < -0.39 is 0 Å². The number of halogens is 1.